The minimum absolute atomic E-state index is 0.380. The highest BCUT2D eigenvalue weighted by molar-refractivity contribution is 5.10. The predicted octanol–water partition coefficient (Wildman–Crippen LogP) is 0.855. The highest BCUT2D eigenvalue weighted by Gasteiger charge is 2.28. The predicted molar refractivity (Wildman–Crippen MR) is 41.0 cm³/mol. The maximum Gasteiger partial charge on any atom is 0.265 e. The van der Waals surface area contributed by atoms with E-state index in [2.05, 4.69) is 9.97 Å². The van der Waals surface area contributed by atoms with Gasteiger partial charge in [0.15, 0.2) is 0 Å². The SMILES string of the molecule is Cc1[nH]cnc1CC(F)(F)CN. The van der Waals surface area contributed by atoms with Crippen molar-refractivity contribution in [2.24, 2.45) is 5.73 Å². The minimum atomic E-state index is -2.85. The molecule has 0 unspecified atom stereocenters. The molecule has 0 saturated heterocycles. The molecule has 0 aliphatic carbocycles. The quantitative estimate of drug-likeness (QED) is 0.715. The molecule has 0 bridgehead atoms. The highest BCUT2D eigenvalue weighted by Crippen LogP contribution is 2.18. The monoisotopic (exact) mass is 175 g/mol. The van der Waals surface area contributed by atoms with Gasteiger partial charge in [-0.25, -0.2) is 13.8 Å². The smallest absolute Gasteiger partial charge is 0.265 e. The maximum absolute atomic E-state index is 12.7. The van der Waals surface area contributed by atoms with Crippen molar-refractivity contribution in [1.29, 1.82) is 0 Å². The lowest BCUT2D eigenvalue weighted by molar-refractivity contribution is 0.0105. The number of aromatic nitrogens is 2. The lowest BCUT2D eigenvalue weighted by Gasteiger charge is -2.11. The van der Waals surface area contributed by atoms with Crippen molar-refractivity contribution in [3.8, 4) is 0 Å². The van der Waals surface area contributed by atoms with Gasteiger partial charge in [0.1, 0.15) is 0 Å². The van der Waals surface area contributed by atoms with Crippen LogP contribution in [0.25, 0.3) is 0 Å². The van der Waals surface area contributed by atoms with E-state index in [1.165, 1.54) is 6.33 Å². The number of aromatic amines is 1. The van der Waals surface area contributed by atoms with E-state index < -0.39 is 18.9 Å². The second kappa shape index (κ2) is 3.18. The van der Waals surface area contributed by atoms with Gasteiger partial charge in [0.2, 0.25) is 0 Å². The van der Waals surface area contributed by atoms with Gasteiger partial charge >= 0.3 is 0 Å². The molecule has 0 aromatic carbocycles. The third kappa shape index (κ3) is 2.01. The van der Waals surface area contributed by atoms with Crippen LogP contribution in [0.3, 0.4) is 0 Å². The topological polar surface area (TPSA) is 54.7 Å². The van der Waals surface area contributed by atoms with Gasteiger partial charge in [0.25, 0.3) is 5.92 Å². The van der Waals surface area contributed by atoms with Crippen LogP contribution in [-0.2, 0) is 6.42 Å². The standard InChI is InChI=1S/C7H11F2N3/c1-5-6(12-4-11-5)2-7(8,9)3-10/h4H,2-3,10H2,1H3,(H,11,12). The van der Waals surface area contributed by atoms with Gasteiger partial charge in [-0.05, 0) is 6.92 Å². The van der Waals surface area contributed by atoms with Gasteiger partial charge in [-0.15, -0.1) is 0 Å². The van der Waals surface area contributed by atoms with Gasteiger partial charge in [-0.2, -0.15) is 0 Å². The van der Waals surface area contributed by atoms with Crippen LogP contribution in [0.15, 0.2) is 6.33 Å². The van der Waals surface area contributed by atoms with Crippen LogP contribution in [0.5, 0.6) is 0 Å². The number of H-pyrrole nitrogens is 1. The van der Waals surface area contributed by atoms with Crippen LogP contribution in [0, 0.1) is 6.92 Å². The van der Waals surface area contributed by atoms with E-state index in [1.807, 2.05) is 0 Å². The first-order valence-corrected chi connectivity index (χ1v) is 3.62. The largest absolute Gasteiger partial charge is 0.348 e. The molecule has 5 heteroatoms. The Bertz CT molecular complexity index is 257. The number of aryl methyl sites for hydroxylation is 1. The number of nitrogens with one attached hydrogen (secondary N) is 1. The molecule has 0 aliphatic heterocycles. The Morgan fingerprint density at radius 3 is 2.75 bits per heavy atom. The van der Waals surface area contributed by atoms with E-state index in [-0.39, 0.29) is 0 Å². The fraction of sp³-hybridized carbons (Fsp3) is 0.571. The summed E-state index contributed by atoms with van der Waals surface area (Å²) in [4.78, 5) is 6.49. The normalized spacial score (nSPS) is 12.0. The zero-order valence-electron chi connectivity index (χ0n) is 6.77. The summed E-state index contributed by atoms with van der Waals surface area (Å²) in [7, 11) is 0. The average Bonchev–Trinajstić information content (AvgIpc) is 2.36. The number of hydrogen-bond donors (Lipinski definition) is 2. The van der Waals surface area contributed by atoms with Crippen LogP contribution >= 0.6 is 0 Å². The number of alkyl halides is 2. The van der Waals surface area contributed by atoms with E-state index in [0.717, 1.165) is 0 Å². The molecule has 3 N–H and O–H groups in total. The lowest BCUT2D eigenvalue weighted by Crippen LogP contribution is -2.30. The molecule has 12 heavy (non-hydrogen) atoms. The number of imidazole rings is 1. The number of nitrogens with zero attached hydrogens (tertiary/aromatic N) is 1. The molecule has 0 atom stereocenters. The summed E-state index contributed by atoms with van der Waals surface area (Å²) < 4.78 is 25.4. The summed E-state index contributed by atoms with van der Waals surface area (Å²) in [5.41, 5.74) is 5.93. The van der Waals surface area contributed by atoms with Crippen LogP contribution in [0.1, 0.15) is 11.4 Å². The van der Waals surface area contributed by atoms with Gasteiger partial charge in [-0.1, -0.05) is 0 Å². The zero-order valence-corrected chi connectivity index (χ0v) is 6.77. The fourth-order valence-electron chi connectivity index (χ4n) is 0.883. The number of rotatable bonds is 3. The van der Waals surface area contributed by atoms with E-state index in [9.17, 15) is 8.78 Å². The summed E-state index contributed by atoms with van der Waals surface area (Å²) in [5.74, 6) is -2.85. The molecule has 0 spiro atoms. The molecule has 0 fully saturated rings. The van der Waals surface area contributed by atoms with Crippen LogP contribution in [0.4, 0.5) is 8.78 Å². The molecule has 1 aromatic heterocycles. The Morgan fingerprint density at radius 1 is 1.67 bits per heavy atom. The van der Waals surface area contributed by atoms with Crippen molar-refractivity contribution >= 4 is 0 Å². The van der Waals surface area contributed by atoms with Crippen molar-refractivity contribution in [3.63, 3.8) is 0 Å². The molecule has 0 radical (unpaired) electrons. The van der Waals surface area contributed by atoms with Crippen molar-refractivity contribution < 1.29 is 8.78 Å². The van der Waals surface area contributed by atoms with E-state index in [1.54, 1.807) is 6.92 Å². The molecule has 0 aliphatic rings. The van der Waals surface area contributed by atoms with Crippen molar-refractivity contribution in [2.75, 3.05) is 6.54 Å². The van der Waals surface area contributed by atoms with Gasteiger partial charge < -0.3 is 10.7 Å². The molecule has 0 amide bonds. The van der Waals surface area contributed by atoms with E-state index in [0.29, 0.717) is 11.4 Å². The molecular formula is C7H11F2N3. The summed E-state index contributed by atoms with van der Waals surface area (Å²) in [6.07, 6.45) is 1.01. The Balaban J connectivity index is 2.70. The third-order valence-electron chi connectivity index (χ3n) is 1.66. The highest BCUT2D eigenvalue weighted by atomic mass is 19.3. The van der Waals surface area contributed by atoms with Crippen LogP contribution < -0.4 is 5.73 Å². The first-order chi connectivity index (χ1) is 5.55. The van der Waals surface area contributed by atoms with E-state index >= 15 is 0 Å². The first kappa shape index (κ1) is 9.12. The second-order valence-corrected chi connectivity index (χ2v) is 2.71. The van der Waals surface area contributed by atoms with Gasteiger partial charge in [-0.3, -0.25) is 0 Å². The van der Waals surface area contributed by atoms with Gasteiger partial charge in [0.05, 0.1) is 25.0 Å². The Morgan fingerprint density at radius 2 is 2.33 bits per heavy atom. The summed E-state index contributed by atoms with van der Waals surface area (Å²) >= 11 is 0. The van der Waals surface area contributed by atoms with Gasteiger partial charge in [0, 0.05) is 5.69 Å². The summed E-state index contributed by atoms with van der Waals surface area (Å²) in [5, 5.41) is 0. The van der Waals surface area contributed by atoms with Crippen molar-refractivity contribution in [1.82, 2.24) is 9.97 Å². The Labute approximate surface area is 69.0 Å². The molecular weight excluding hydrogens is 164 g/mol. The number of hydrogen-bond acceptors (Lipinski definition) is 2. The summed E-state index contributed by atoms with van der Waals surface area (Å²) in [6, 6.07) is 0. The number of halogens is 2. The molecule has 1 rings (SSSR count). The van der Waals surface area contributed by atoms with E-state index in [4.69, 9.17) is 5.73 Å². The molecule has 0 saturated carbocycles. The van der Waals surface area contributed by atoms with Crippen LogP contribution in [0.2, 0.25) is 0 Å². The molecule has 68 valence electrons. The lowest BCUT2D eigenvalue weighted by atomic mass is 10.1. The van der Waals surface area contributed by atoms with Crippen LogP contribution in [-0.4, -0.2) is 22.4 Å². The third-order valence-corrected chi connectivity index (χ3v) is 1.66. The molecule has 1 heterocycles. The average molecular weight is 175 g/mol. The Kier molecular flexibility index (Phi) is 2.42. The van der Waals surface area contributed by atoms with Crippen molar-refractivity contribution in [3.05, 3.63) is 17.7 Å². The molecule has 1 aromatic rings. The maximum atomic E-state index is 12.7. The first-order valence-electron chi connectivity index (χ1n) is 3.62. The Hall–Kier alpha value is -0.970. The van der Waals surface area contributed by atoms with Crippen molar-refractivity contribution in [2.45, 2.75) is 19.3 Å². The number of nitrogens with two attached hydrogens (primary N) is 1. The fourth-order valence-corrected chi connectivity index (χ4v) is 0.883. The summed E-state index contributed by atoms with van der Waals surface area (Å²) in [6.45, 7) is 1.06. The molecule has 3 nitrogen and oxygen atoms in total. The minimum Gasteiger partial charge on any atom is -0.348 e. The second-order valence-electron chi connectivity index (χ2n) is 2.71. The zero-order chi connectivity index (χ0) is 9.19.